The Morgan fingerprint density at radius 1 is 1.44 bits per heavy atom. The number of H-pyrrole nitrogens is 1. The summed E-state index contributed by atoms with van der Waals surface area (Å²) in [5.41, 5.74) is 2.61. The van der Waals surface area contributed by atoms with Crippen molar-refractivity contribution in [2.45, 2.75) is 6.92 Å². The van der Waals surface area contributed by atoms with E-state index < -0.39 is 0 Å². The average molecular weight is 236 g/mol. The van der Waals surface area contributed by atoms with Gasteiger partial charge in [-0.3, -0.25) is 5.10 Å². The molecule has 0 atom stereocenters. The van der Waals surface area contributed by atoms with E-state index >= 15 is 0 Å². The van der Waals surface area contributed by atoms with E-state index in [2.05, 4.69) is 10.1 Å². The number of rotatable bonds is 2. The van der Waals surface area contributed by atoms with Gasteiger partial charge in [0, 0.05) is 0 Å². The van der Waals surface area contributed by atoms with Gasteiger partial charge >= 0.3 is 0 Å². The molecule has 1 aromatic carbocycles. The standard InChI is InChI=1S/C11H10ClN3O/c1-2-16-11-9(12)10-13-7-5-3-4-6-8(7)15(10)14-11/h3-6,14H,2H2,1H3. The second-order valence-electron chi connectivity index (χ2n) is 3.45. The van der Waals surface area contributed by atoms with Crippen LogP contribution in [-0.4, -0.2) is 21.2 Å². The summed E-state index contributed by atoms with van der Waals surface area (Å²) in [6, 6.07) is 7.85. The van der Waals surface area contributed by atoms with Gasteiger partial charge in [0.2, 0.25) is 5.88 Å². The first-order valence-corrected chi connectivity index (χ1v) is 5.46. The van der Waals surface area contributed by atoms with E-state index in [1.165, 1.54) is 0 Å². The fourth-order valence-electron chi connectivity index (χ4n) is 1.78. The maximum atomic E-state index is 6.17. The maximum Gasteiger partial charge on any atom is 0.229 e. The Balaban J connectivity index is 2.35. The summed E-state index contributed by atoms with van der Waals surface area (Å²) >= 11 is 6.17. The van der Waals surface area contributed by atoms with Gasteiger partial charge in [0.05, 0.1) is 17.6 Å². The molecule has 4 nitrogen and oxygen atoms in total. The molecule has 0 bridgehead atoms. The Bertz CT molecular complexity index is 656. The van der Waals surface area contributed by atoms with Crippen LogP contribution in [0.5, 0.6) is 5.88 Å². The molecule has 0 aliphatic carbocycles. The third-order valence-corrected chi connectivity index (χ3v) is 2.80. The van der Waals surface area contributed by atoms with Gasteiger partial charge in [-0.2, -0.15) is 0 Å². The highest BCUT2D eigenvalue weighted by atomic mass is 35.5. The molecule has 2 heterocycles. The van der Waals surface area contributed by atoms with Crippen LogP contribution in [0.3, 0.4) is 0 Å². The van der Waals surface area contributed by atoms with Crippen LogP contribution in [-0.2, 0) is 0 Å². The highest BCUT2D eigenvalue weighted by Gasteiger charge is 2.14. The second-order valence-corrected chi connectivity index (χ2v) is 3.83. The quantitative estimate of drug-likeness (QED) is 0.742. The van der Waals surface area contributed by atoms with Gasteiger partial charge in [-0.05, 0) is 19.1 Å². The number of hydrogen-bond acceptors (Lipinski definition) is 2. The first kappa shape index (κ1) is 9.54. The molecule has 0 radical (unpaired) electrons. The molecule has 82 valence electrons. The molecule has 0 unspecified atom stereocenters. The summed E-state index contributed by atoms with van der Waals surface area (Å²) < 4.78 is 7.22. The number of halogens is 1. The lowest BCUT2D eigenvalue weighted by Gasteiger charge is -1.97. The molecular weight excluding hydrogens is 226 g/mol. The molecule has 0 aliphatic heterocycles. The average Bonchev–Trinajstić information content (AvgIpc) is 2.79. The Morgan fingerprint density at radius 3 is 3.06 bits per heavy atom. The van der Waals surface area contributed by atoms with E-state index in [1.807, 2.05) is 35.7 Å². The lowest BCUT2D eigenvalue weighted by molar-refractivity contribution is 0.325. The largest absolute Gasteiger partial charge is 0.477 e. The van der Waals surface area contributed by atoms with Gasteiger partial charge in [-0.1, -0.05) is 23.7 Å². The van der Waals surface area contributed by atoms with Gasteiger partial charge < -0.3 is 4.74 Å². The lowest BCUT2D eigenvalue weighted by Crippen LogP contribution is -1.93. The second kappa shape index (κ2) is 3.42. The number of imidazole rings is 1. The first-order valence-electron chi connectivity index (χ1n) is 5.08. The van der Waals surface area contributed by atoms with Crippen LogP contribution in [0.15, 0.2) is 24.3 Å². The van der Waals surface area contributed by atoms with E-state index in [4.69, 9.17) is 16.3 Å². The zero-order valence-corrected chi connectivity index (χ0v) is 9.45. The van der Waals surface area contributed by atoms with Crippen molar-refractivity contribution in [2.75, 3.05) is 6.61 Å². The Hall–Kier alpha value is -1.68. The number of para-hydroxylation sites is 2. The zero-order valence-electron chi connectivity index (χ0n) is 8.70. The fraction of sp³-hybridized carbons (Fsp3) is 0.182. The molecule has 16 heavy (non-hydrogen) atoms. The minimum Gasteiger partial charge on any atom is -0.477 e. The Labute approximate surface area is 96.8 Å². The number of benzene rings is 1. The van der Waals surface area contributed by atoms with Crippen molar-refractivity contribution in [3.8, 4) is 5.88 Å². The first-order chi connectivity index (χ1) is 7.81. The number of hydrogen-bond donors (Lipinski definition) is 1. The number of aromatic nitrogens is 3. The topological polar surface area (TPSA) is 42.3 Å². The number of fused-ring (bicyclic) bond motifs is 3. The molecule has 3 rings (SSSR count). The van der Waals surface area contributed by atoms with E-state index in [0.717, 1.165) is 11.0 Å². The molecule has 2 aromatic heterocycles. The van der Waals surface area contributed by atoms with E-state index in [0.29, 0.717) is 23.2 Å². The molecule has 0 fully saturated rings. The maximum absolute atomic E-state index is 6.17. The van der Waals surface area contributed by atoms with Gasteiger partial charge in [0.1, 0.15) is 5.02 Å². The number of ether oxygens (including phenoxy) is 1. The van der Waals surface area contributed by atoms with Crippen LogP contribution >= 0.6 is 11.6 Å². The van der Waals surface area contributed by atoms with Crippen LogP contribution < -0.4 is 4.74 Å². The summed E-state index contributed by atoms with van der Waals surface area (Å²) in [7, 11) is 0. The van der Waals surface area contributed by atoms with Crippen LogP contribution in [0.4, 0.5) is 0 Å². The van der Waals surface area contributed by atoms with Gasteiger partial charge in [-0.15, -0.1) is 0 Å². The van der Waals surface area contributed by atoms with Crippen LogP contribution in [0, 0.1) is 0 Å². The predicted octanol–water partition coefficient (Wildman–Crippen LogP) is 2.87. The van der Waals surface area contributed by atoms with Crippen LogP contribution in [0.1, 0.15) is 6.92 Å². The highest BCUT2D eigenvalue weighted by Crippen LogP contribution is 2.30. The number of nitrogens with zero attached hydrogens (tertiary/aromatic N) is 2. The summed E-state index contributed by atoms with van der Waals surface area (Å²) in [6.07, 6.45) is 0. The van der Waals surface area contributed by atoms with Gasteiger partial charge in [0.25, 0.3) is 0 Å². The minimum absolute atomic E-state index is 0.526. The van der Waals surface area contributed by atoms with Gasteiger partial charge in [-0.25, -0.2) is 9.50 Å². The summed E-state index contributed by atoms with van der Waals surface area (Å²) in [5, 5.41) is 3.61. The fourth-order valence-corrected chi connectivity index (χ4v) is 2.00. The van der Waals surface area contributed by atoms with Gasteiger partial charge in [0.15, 0.2) is 5.65 Å². The van der Waals surface area contributed by atoms with Crippen LogP contribution in [0.2, 0.25) is 5.02 Å². The molecule has 0 amide bonds. The number of aromatic amines is 1. The smallest absolute Gasteiger partial charge is 0.229 e. The summed E-state index contributed by atoms with van der Waals surface area (Å²) in [6.45, 7) is 2.49. The monoisotopic (exact) mass is 235 g/mol. The van der Waals surface area contributed by atoms with Crippen molar-refractivity contribution in [2.24, 2.45) is 0 Å². The summed E-state index contributed by atoms with van der Waals surface area (Å²) in [5.74, 6) is 0.567. The van der Waals surface area contributed by atoms with Crippen molar-refractivity contribution in [1.82, 2.24) is 14.6 Å². The Morgan fingerprint density at radius 2 is 2.25 bits per heavy atom. The van der Waals surface area contributed by atoms with E-state index in [-0.39, 0.29) is 0 Å². The minimum atomic E-state index is 0.526. The van der Waals surface area contributed by atoms with E-state index in [1.54, 1.807) is 0 Å². The molecule has 3 aromatic rings. The lowest BCUT2D eigenvalue weighted by atomic mass is 10.3. The van der Waals surface area contributed by atoms with Crippen molar-refractivity contribution >= 4 is 28.3 Å². The van der Waals surface area contributed by atoms with Crippen molar-refractivity contribution < 1.29 is 4.74 Å². The summed E-state index contributed by atoms with van der Waals surface area (Å²) in [4.78, 5) is 4.44. The van der Waals surface area contributed by atoms with E-state index in [9.17, 15) is 0 Å². The molecule has 5 heteroatoms. The molecular formula is C11H10ClN3O. The van der Waals surface area contributed by atoms with Crippen molar-refractivity contribution in [3.05, 3.63) is 29.3 Å². The molecule has 0 aliphatic rings. The normalized spacial score (nSPS) is 11.4. The van der Waals surface area contributed by atoms with Crippen molar-refractivity contribution in [3.63, 3.8) is 0 Å². The zero-order chi connectivity index (χ0) is 11.1. The molecule has 0 saturated carbocycles. The highest BCUT2D eigenvalue weighted by molar-refractivity contribution is 6.35. The third kappa shape index (κ3) is 1.20. The van der Waals surface area contributed by atoms with Crippen LogP contribution in [0.25, 0.3) is 16.7 Å². The van der Waals surface area contributed by atoms with Crippen molar-refractivity contribution in [1.29, 1.82) is 0 Å². The SMILES string of the molecule is CCOc1[nH]n2c(nc3ccccc32)c1Cl. The predicted molar refractivity (Wildman–Crippen MR) is 63.2 cm³/mol. The molecule has 1 N–H and O–H groups in total. The molecule has 0 saturated heterocycles. The third-order valence-electron chi connectivity index (χ3n) is 2.46. The number of nitrogens with one attached hydrogen (secondary N) is 1. The Kier molecular flexibility index (Phi) is 2.04. The molecule has 0 spiro atoms.